The van der Waals surface area contributed by atoms with Crippen molar-refractivity contribution in [1.82, 2.24) is 0 Å². The number of halogens is 1. The molecule has 0 radical (unpaired) electrons. The smallest absolute Gasteiger partial charge is 0.282 e. The van der Waals surface area contributed by atoms with Crippen LogP contribution in [0.4, 0.5) is 11.4 Å². The van der Waals surface area contributed by atoms with Crippen LogP contribution in [-0.2, 0) is 0 Å². The minimum absolute atomic E-state index is 0.190. The van der Waals surface area contributed by atoms with Gasteiger partial charge in [-0.1, -0.05) is 13.8 Å². The van der Waals surface area contributed by atoms with Gasteiger partial charge in [-0.25, -0.2) is 0 Å². The quantitative estimate of drug-likeness (QED) is 0.445. The van der Waals surface area contributed by atoms with E-state index in [9.17, 15) is 10.1 Å². The molecule has 1 aliphatic heterocycles. The van der Waals surface area contributed by atoms with Gasteiger partial charge in [0.25, 0.3) is 5.69 Å². The Kier molecular flexibility index (Phi) is 4.32. The van der Waals surface area contributed by atoms with Crippen LogP contribution in [0.2, 0.25) is 0 Å². The van der Waals surface area contributed by atoms with E-state index in [1.54, 1.807) is 6.07 Å². The van der Waals surface area contributed by atoms with Crippen LogP contribution in [0.5, 0.6) is 0 Å². The molecule has 19 heavy (non-hydrogen) atoms. The van der Waals surface area contributed by atoms with Gasteiger partial charge in [0, 0.05) is 24.3 Å². The highest BCUT2D eigenvalue weighted by atomic mass is 127. The molecule has 2 rings (SSSR count). The van der Waals surface area contributed by atoms with Gasteiger partial charge in [0.15, 0.2) is 0 Å². The fraction of sp³-hybridized carbons (Fsp3) is 0.571. The van der Waals surface area contributed by atoms with E-state index in [4.69, 9.17) is 0 Å². The minimum Gasteiger partial charge on any atom is -0.368 e. The van der Waals surface area contributed by atoms with E-state index >= 15 is 0 Å². The third-order valence-corrected chi connectivity index (χ3v) is 4.92. The van der Waals surface area contributed by atoms with Crippen LogP contribution < -0.4 is 4.90 Å². The number of hydrogen-bond acceptors (Lipinski definition) is 3. The molecular weight excluding hydrogens is 355 g/mol. The molecule has 3 unspecified atom stereocenters. The van der Waals surface area contributed by atoms with Crippen LogP contribution in [0.3, 0.4) is 0 Å². The second-order valence-electron chi connectivity index (χ2n) is 5.60. The Morgan fingerprint density at radius 3 is 2.63 bits per heavy atom. The standard InChI is InChI=1S/C14H19IN2O2/c1-9-6-10(2)11(3)16(8-9)12-4-5-14(17(18)19)13(15)7-12/h4-5,7,9-11H,6,8H2,1-3H3. The molecular formula is C14H19IN2O2. The van der Waals surface area contributed by atoms with Crippen molar-refractivity contribution in [2.75, 3.05) is 11.4 Å². The van der Waals surface area contributed by atoms with E-state index in [1.165, 1.54) is 6.42 Å². The lowest BCUT2D eigenvalue weighted by molar-refractivity contribution is -0.385. The summed E-state index contributed by atoms with van der Waals surface area (Å²) in [7, 11) is 0. The van der Waals surface area contributed by atoms with Crippen molar-refractivity contribution in [3.8, 4) is 0 Å². The molecule has 0 amide bonds. The van der Waals surface area contributed by atoms with Gasteiger partial charge >= 0.3 is 0 Å². The molecule has 1 aliphatic rings. The van der Waals surface area contributed by atoms with Gasteiger partial charge in [0.2, 0.25) is 0 Å². The number of benzene rings is 1. The number of nitro groups is 1. The highest BCUT2D eigenvalue weighted by Gasteiger charge is 2.29. The van der Waals surface area contributed by atoms with Gasteiger partial charge in [-0.2, -0.15) is 0 Å². The van der Waals surface area contributed by atoms with Gasteiger partial charge in [-0.3, -0.25) is 10.1 Å². The van der Waals surface area contributed by atoms with Gasteiger partial charge in [0.05, 0.1) is 8.49 Å². The van der Waals surface area contributed by atoms with E-state index in [0.29, 0.717) is 21.4 Å². The number of nitrogens with zero attached hydrogens (tertiary/aromatic N) is 2. The maximum Gasteiger partial charge on any atom is 0.282 e. The predicted molar refractivity (Wildman–Crippen MR) is 85.6 cm³/mol. The van der Waals surface area contributed by atoms with E-state index in [0.717, 1.165) is 12.2 Å². The zero-order valence-electron chi connectivity index (χ0n) is 11.5. The van der Waals surface area contributed by atoms with Crippen LogP contribution in [-0.4, -0.2) is 17.5 Å². The molecule has 4 nitrogen and oxygen atoms in total. The first-order chi connectivity index (χ1) is 8.90. The summed E-state index contributed by atoms with van der Waals surface area (Å²) in [6.45, 7) is 7.82. The molecule has 1 aromatic carbocycles. The first kappa shape index (κ1) is 14.6. The van der Waals surface area contributed by atoms with Crippen molar-refractivity contribution in [2.24, 2.45) is 11.8 Å². The third-order valence-electron chi connectivity index (χ3n) is 4.06. The lowest BCUT2D eigenvalue weighted by Crippen LogP contribution is -2.45. The second-order valence-corrected chi connectivity index (χ2v) is 6.77. The van der Waals surface area contributed by atoms with E-state index < -0.39 is 0 Å². The zero-order chi connectivity index (χ0) is 14.2. The Morgan fingerprint density at radius 1 is 1.37 bits per heavy atom. The highest BCUT2D eigenvalue weighted by Crippen LogP contribution is 2.33. The molecule has 1 saturated heterocycles. The number of rotatable bonds is 2. The lowest BCUT2D eigenvalue weighted by atomic mass is 9.85. The Bertz CT molecular complexity index is 492. The monoisotopic (exact) mass is 374 g/mol. The molecule has 0 N–H and O–H groups in total. The van der Waals surface area contributed by atoms with Crippen LogP contribution in [0.1, 0.15) is 27.2 Å². The second kappa shape index (κ2) is 5.64. The zero-order valence-corrected chi connectivity index (χ0v) is 13.6. The third kappa shape index (κ3) is 3.01. The van der Waals surface area contributed by atoms with Crippen molar-refractivity contribution < 1.29 is 4.92 Å². The van der Waals surface area contributed by atoms with E-state index in [1.807, 2.05) is 34.7 Å². The SMILES string of the molecule is CC1CC(C)C(C)N(c2ccc([N+](=O)[O-])c(I)c2)C1. The summed E-state index contributed by atoms with van der Waals surface area (Å²) in [6, 6.07) is 5.91. The van der Waals surface area contributed by atoms with Crippen LogP contribution >= 0.6 is 22.6 Å². The molecule has 5 heteroatoms. The topological polar surface area (TPSA) is 46.4 Å². The first-order valence-corrected chi connectivity index (χ1v) is 7.68. The molecule has 1 aromatic rings. The maximum absolute atomic E-state index is 10.9. The minimum atomic E-state index is -0.323. The van der Waals surface area contributed by atoms with Crippen LogP contribution in [0.25, 0.3) is 0 Å². The van der Waals surface area contributed by atoms with Crippen molar-refractivity contribution in [3.63, 3.8) is 0 Å². The molecule has 1 heterocycles. The maximum atomic E-state index is 10.9. The Balaban J connectivity index is 2.31. The molecule has 104 valence electrons. The molecule has 1 fully saturated rings. The van der Waals surface area contributed by atoms with Gasteiger partial charge in [-0.15, -0.1) is 0 Å². The summed E-state index contributed by atoms with van der Waals surface area (Å²) < 4.78 is 0.707. The summed E-state index contributed by atoms with van der Waals surface area (Å²) in [6.07, 6.45) is 1.25. The average molecular weight is 374 g/mol. The Labute approximate surface area is 127 Å². The average Bonchev–Trinajstić information content (AvgIpc) is 2.33. The Hall–Kier alpha value is -0.850. The van der Waals surface area contributed by atoms with Crippen molar-refractivity contribution >= 4 is 34.0 Å². The fourth-order valence-corrected chi connectivity index (χ4v) is 3.57. The first-order valence-electron chi connectivity index (χ1n) is 6.60. The van der Waals surface area contributed by atoms with Gasteiger partial charge in [0.1, 0.15) is 0 Å². The number of piperidine rings is 1. The number of anilines is 1. The van der Waals surface area contributed by atoms with E-state index in [-0.39, 0.29) is 10.6 Å². The van der Waals surface area contributed by atoms with Crippen LogP contribution in [0.15, 0.2) is 18.2 Å². The van der Waals surface area contributed by atoms with E-state index in [2.05, 4.69) is 25.7 Å². The molecule has 0 spiro atoms. The van der Waals surface area contributed by atoms with Crippen molar-refractivity contribution in [1.29, 1.82) is 0 Å². The number of nitro benzene ring substituents is 1. The summed E-state index contributed by atoms with van der Waals surface area (Å²) >= 11 is 2.05. The van der Waals surface area contributed by atoms with Gasteiger partial charge < -0.3 is 4.90 Å². The lowest BCUT2D eigenvalue weighted by Gasteiger charge is -2.42. The highest BCUT2D eigenvalue weighted by molar-refractivity contribution is 14.1. The van der Waals surface area contributed by atoms with Gasteiger partial charge in [-0.05, 0) is 59.9 Å². The summed E-state index contributed by atoms with van der Waals surface area (Å²) in [4.78, 5) is 12.9. The number of hydrogen-bond donors (Lipinski definition) is 0. The summed E-state index contributed by atoms with van der Waals surface area (Å²) in [5.41, 5.74) is 1.29. The van der Waals surface area contributed by atoms with Crippen molar-refractivity contribution in [3.05, 3.63) is 31.9 Å². The molecule has 0 aliphatic carbocycles. The Morgan fingerprint density at radius 2 is 2.05 bits per heavy atom. The molecule has 0 bridgehead atoms. The normalized spacial score (nSPS) is 27.4. The fourth-order valence-electron chi connectivity index (χ4n) is 2.88. The van der Waals surface area contributed by atoms with Crippen LogP contribution in [0, 0.1) is 25.5 Å². The molecule has 0 saturated carbocycles. The van der Waals surface area contributed by atoms with Crippen molar-refractivity contribution in [2.45, 2.75) is 33.2 Å². The molecule has 3 atom stereocenters. The summed E-state index contributed by atoms with van der Waals surface area (Å²) in [5, 5.41) is 10.9. The predicted octanol–water partition coefficient (Wildman–Crippen LogP) is 4.07. The largest absolute Gasteiger partial charge is 0.368 e. The molecule has 0 aromatic heterocycles. The summed E-state index contributed by atoms with van der Waals surface area (Å²) in [5.74, 6) is 1.32.